The van der Waals surface area contributed by atoms with E-state index in [-0.39, 0.29) is 17.2 Å². The van der Waals surface area contributed by atoms with E-state index in [4.69, 9.17) is 4.74 Å². The minimum atomic E-state index is -0.569. The smallest absolute Gasteiger partial charge is 0.254 e. The number of hydrogen-bond donors (Lipinski definition) is 2. The molecule has 7 nitrogen and oxygen atoms in total. The lowest BCUT2D eigenvalue weighted by Crippen LogP contribution is -2.61. The number of carbonyl (C=O) groups is 2. The van der Waals surface area contributed by atoms with Crippen molar-refractivity contribution in [2.24, 2.45) is 5.41 Å². The summed E-state index contributed by atoms with van der Waals surface area (Å²) < 4.78 is 5.09. The molecule has 1 aromatic heterocycles. The fraction of sp³-hybridized carbons (Fsp3) is 0.611. The summed E-state index contributed by atoms with van der Waals surface area (Å²) >= 11 is 0. The molecule has 0 saturated carbocycles. The first-order chi connectivity index (χ1) is 11.9. The first-order valence-corrected chi connectivity index (χ1v) is 8.68. The number of amides is 2. The van der Waals surface area contributed by atoms with Crippen molar-refractivity contribution < 1.29 is 14.3 Å². The number of nitrogens with one attached hydrogen (secondary N) is 2. The second kappa shape index (κ2) is 6.63. The maximum atomic E-state index is 12.7. The summed E-state index contributed by atoms with van der Waals surface area (Å²) in [5.74, 6) is 0.423. The van der Waals surface area contributed by atoms with Gasteiger partial charge in [0.2, 0.25) is 11.8 Å². The molecule has 2 amide bonds. The Hall–Kier alpha value is -2.15. The van der Waals surface area contributed by atoms with Crippen molar-refractivity contribution in [2.75, 3.05) is 33.3 Å². The van der Waals surface area contributed by atoms with Crippen molar-refractivity contribution in [2.45, 2.75) is 32.2 Å². The highest BCUT2D eigenvalue weighted by atomic mass is 16.5. The second-order valence-electron chi connectivity index (χ2n) is 7.66. The summed E-state index contributed by atoms with van der Waals surface area (Å²) in [6.07, 6.45) is 2.80. The van der Waals surface area contributed by atoms with E-state index in [1.54, 1.807) is 23.2 Å². The molecule has 0 aliphatic carbocycles. The van der Waals surface area contributed by atoms with Crippen molar-refractivity contribution in [1.82, 2.24) is 20.5 Å². The molecule has 1 aromatic rings. The second-order valence-corrected chi connectivity index (χ2v) is 7.66. The highest BCUT2D eigenvalue weighted by Crippen LogP contribution is 2.28. The van der Waals surface area contributed by atoms with E-state index in [9.17, 15) is 9.59 Å². The van der Waals surface area contributed by atoms with Gasteiger partial charge in [0.25, 0.3) is 5.91 Å². The molecule has 2 fully saturated rings. The lowest BCUT2D eigenvalue weighted by molar-refractivity contribution is -0.128. The number of rotatable bonds is 2. The molecule has 0 radical (unpaired) electrons. The van der Waals surface area contributed by atoms with Crippen LogP contribution in [-0.2, 0) is 4.79 Å². The van der Waals surface area contributed by atoms with Crippen LogP contribution in [0.5, 0.6) is 5.88 Å². The van der Waals surface area contributed by atoms with E-state index in [0.717, 1.165) is 6.54 Å². The SMILES string of the molecule is COc1cc(C(=O)N2CCC3(CC2)NCC(C)(C)CNC3=O)ccn1. The van der Waals surface area contributed by atoms with Gasteiger partial charge in [-0.2, -0.15) is 0 Å². The van der Waals surface area contributed by atoms with Crippen molar-refractivity contribution >= 4 is 11.8 Å². The standard InChI is InChI=1S/C18H26N4O3/c1-17(2)11-20-16(24)18(21-12-17)5-8-22(9-6-18)15(23)13-4-7-19-14(10-13)25-3/h4,7,10,21H,5-6,8-9,11-12H2,1-3H3,(H,20,24). The number of hydrogen-bond acceptors (Lipinski definition) is 5. The molecule has 0 aromatic carbocycles. The highest BCUT2D eigenvalue weighted by Gasteiger charge is 2.45. The van der Waals surface area contributed by atoms with Gasteiger partial charge in [-0.05, 0) is 24.3 Å². The van der Waals surface area contributed by atoms with Crippen LogP contribution in [0.1, 0.15) is 37.0 Å². The van der Waals surface area contributed by atoms with E-state index < -0.39 is 5.54 Å². The van der Waals surface area contributed by atoms with Gasteiger partial charge in [0.1, 0.15) is 5.54 Å². The Bertz CT molecular complexity index is 666. The average Bonchev–Trinajstić information content (AvgIpc) is 2.74. The minimum Gasteiger partial charge on any atom is -0.481 e. The third kappa shape index (κ3) is 3.61. The molecule has 2 saturated heterocycles. The zero-order valence-corrected chi connectivity index (χ0v) is 15.1. The van der Waals surface area contributed by atoms with Crippen LogP contribution in [-0.4, -0.2) is 60.5 Å². The number of piperidine rings is 1. The fourth-order valence-electron chi connectivity index (χ4n) is 3.37. The normalized spacial score (nSPS) is 22.2. The van der Waals surface area contributed by atoms with Gasteiger partial charge < -0.3 is 20.3 Å². The lowest BCUT2D eigenvalue weighted by Gasteiger charge is -2.40. The van der Waals surface area contributed by atoms with Crippen LogP contribution in [0.25, 0.3) is 0 Å². The van der Waals surface area contributed by atoms with Gasteiger partial charge >= 0.3 is 0 Å². The molecule has 0 bridgehead atoms. The first kappa shape index (κ1) is 17.7. The van der Waals surface area contributed by atoms with Gasteiger partial charge in [0.15, 0.2) is 0 Å². The van der Waals surface area contributed by atoms with Crippen LogP contribution in [0, 0.1) is 5.41 Å². The predicted molar refractivity (Wildman–Crippen MR) is 93.5 cm³/mol. The Labute approximate surface area is 148 Å². The predicted octanol–water partition coefficient (Wildman–Crippen LogP) is 0.811. The number of methoxy groups -OCH3 is 1. The van der Waals surface area contributed by atoms with E-state index in [0.29, 0.717) is 43.9 Å². The molecule has 3 rings (SSSR count). The summed E-state index contributed by atoms with van der Waals surface area (Å²) in [4.78, 5) is 31.1. The Morgan fingerprint density at radius 3 is 2.68 bits per heavy atom. The molecule has 2 aliphatic rings. The van der Waals surface area contributed by atoms with Crippen LogP contribution in [0.3, 0.4) is 0 Å². The zero-order valence-electron chi connectivity index (χ0n) is 15.1. The average molecular weight is 346 g/mol. The van der Waals surface area contributed by atoms with Gasteiger partial charge in [-0.15, -0.1) is 0 Å². The summed E-state index contributed by atoms with van der Waals surface area (Å²) in [5, 5.41) is 6.53. The Balaban J connectivity index is 1.68. The van der Waals surface area contributed by atoms with E-state index in [2.05, 4.69) is 29.5 Å². The molecule has 2 aliphatic heterocycles. The molecule has 2 N–H and O–H groups in total. The van der Waals surface area contributed by atoms with Gasteiger partial charge in [0, 0.05) is 44.0 Å². The van der Waals surface area contributed by atoms with Gasteiger partial charge in [-0.3, -0.25) is 9.59 Å². The molecule has 3 heterocycles. The van der Waals surface area contributed by atoms with Crippen LogP contribution in [0.4, 0.5) is 0 Å². The quantitative estimate of drug-likeness (QED) is 0.828. The first-order valence-electron chi connectivity index (χ1n) is 8.68. The van der Waals surface area contributed by atoms with Gasteiger partial charge in [0.05, 0.1) is 7.11 Å². The number of pyridine rings is 1. The fourth-order valence-corrected chi connectivity index (χ4v) is 3.37. The topological polar surface area (TPSA) is 83.6 Å². The maximum absolute atomic E-state index is 12.7. The van der Waals surface area contributed by atoms with Crippen molar-refractivity contribution in [3.8, 4) is 5.88 Å². The molecule has 0 atom stereocenters. The number of ether oxygens (including phenoxy) is 1. The number of carbonyl (C=O) groups excluding carboxylic acids is 2. The van der Waals surface area contributed by atoms with E-state index >= 15 is 0 Å². The van der Waals surface area contributed by atoms with Crippen molar-refractivity contribution in [3.63, 3.8) is 0 Å². The third-order valence-electron chi connectivity index (χ3n) is 5.16. The van der Waals surface area contributed by atoms with Crippen molar-refractivity contribution in [1.29, 1.82) is 0 Å². The summed E-state index contributed by atoms with van der Waals surface area (Å²) in [7, 11) is 1.53. The molecule has 0 unspecified atom stereocenters. The van der Waals surface area contributed by atoms with Crippen LogP contribution in [0.2, 0.25) is 0 Å². The highest BCUT2D eigenvalue weighted by molar-refractivity contribution is 5.95. The Morgan fingerprint density at radius 1 is 1.28 bits per heavy atom. The largest absolute Gasteiger partial charge is 0.481 e. The van der Waals surface area contributed by atoms with E-state index in [1.807, 2.05) is 0 Å². The van der Waals surface area contributed by atoms with Gasteiger partial charge in [-0.25, -0.2) is 4.98 Å². The third-order valence-corrected chi connectivity index (χ3v) is 5.16. The van der Waals surface area contributed by atoms with E-state index in [1.165, 1.54) is 7.11 Å². The van der Waals surface area contributed by atoms with Gasteiger partial charge in [-0.1, -0.05) is 13.8 Å². The minimum absolute atomic E-state index is 0.0275. The van der Waals surface area contributed by atoms with Crippen LogP contribution < -0.4 is 15.4 Å². The molecule has 7 heteroatoms. The number of aromatic nitrogens is 1. The monoisotopic (exact) mass is 346 g/mol. The Kier molecular flexibility index (Phi) is 4.69. The lowest BCUT2D eigenvalue weighted by atomic mass is 9.85. The molecule has 136 valence electrons. The van der Waals surface area contributed by atoms with Crippen molar-refractivity contribution in [3.05, 3.63) is 23.9 Å². The number of nitrogens with zero attached hydrogens (tertiary/aromatic N) is 2. The molecule has 25 heavy (non-hydrogen) atoms. The summed E-state index contributed by atoms with van der Waals surface area (Å²) in [6.45, 7) is 6.81. The summed E-state index contributed by atoms with van der Waals surface area (Å²) in [5.41, 5.74) is 0.0161. The van der Waals surface area contributed by atoms with Crippen LogP contribution >= 0.6 is 0 Å². The maximum Gasteiger partial charge on any atom is 0.254 e. The molecular formula is C18H26N4O3. The molecular weight excluding hydrogens is 320 g/mol. The van der Waals surface area contributed by atoms with Crippen LogP contribution in [0.15, 0.2) is 18.3 Å². The molecule has 1 spiro atoms. The summed E-state index contributed by atoms with van der Waals surface area (Å²) in [6, 6.07) is 3.33. The zero-order chi connectivity index (χ0) is 18.1. The number of likely N-dealkylation sites (tertiary alicyclic amines) is 1. The Morgan fingerprint density at radius 2 is 2.00 bits per heavy atom.